The summed E-state index contributed by atoms with van der Waals surface area (Å²) in [4.78, 5) is 0. The van der Waals surface area contributed by atoms with Crippen LogP contribution in [0.25, 0.3) is 0 Å². The summed E-state index contributed by atoms with van der Waals surface area (Å²) < 4.78 is 0. The molecular weight excluding hydrogens is 136 g/mol. The van der Waals surface area contributed by atoms with E-state index in [1.54, 1.807) is 5.57 Å². The molecule has 1 atom stereocenters. The minimum absolute atomic E-state index is 0.693. The Morgan fingerprint density at radius 3 is 3.27 bits per heavy atom. The molecule has 2 nitrogen and oxygen atoms in total. The molecule has 0 aromatic carbocycles. The average molecular weight is 152 g/mol. The van der Waals surface area contributed by atoms with Crippen LogP contribution in [0, 0.1) is 0 Å². The molecule has 0 aliphatic carbocycles. The molecule has 1 unspecified atom stereocenters. The lowest BCUT2D eigenvalue weighted by Crippen LogP contribution is -2.36. The Bertz CT molecular complexity index is 163. The second-order valence-electron chi connectivity index (χ2n) is 3.43. The molecule has 0 amide bonds. The molecule has 1 fully saturated rings. The zero-order valence-corrected chi connectivity index (χ0v) is 6.90. The molecule has 2 N–H and O–H groups in total. The van der Waals surface area contributed by atoms with Crippen LogP contribution in [0.1, 0.15) is 25.7 Å². The van der Waals surface area contributed by atoms with Gasteiger partial charge in [0.1, 0.15) is 0 Å². The molecular formula is C9H16N2. The van der Waals surface area contributed by atoms with Gasteiger partial charge in [0.2, 0.25) is 0 Å². The topological polar surface area (TPSA) is 24.1 Å². The summed E-state index contributed by atoms with van der Waals surface area (Å²) in [5.74, 6) is 0. The summed E-state index contributed by atoms with van der Waals surface area (Å²) in [6.07, 6.45) is 7.48. The van der Waals surface area contributed by atoms with Gasteiger partial charge in [0, 0.05) is 12.6 Å². The predicted octanol–water partition coefficient (Wildman–Crippen LogP) is 1.01. The molecule has 0 bridgehead atoms. The van der Waals surface area contributed by atoms with Crippen LogP contribution in [0.5, 0.6) is 0 Å². The van der Waals surface area contributed by atoms with Crippen molar-refractivity contribution in [3.05, 3.63) is 11.8 Å². The monoisotopic (exact) mass is 152 g/mol. The van der Waals surface area contributed by atoms with E-state index in [4.69, 9.17) is 0 Å². The van der Waals surface area contributed by atoms with Gasteiger partial charge < -0.3 is 10.6 Å². The van der Waals surface area contributed by atoms with Crippen LogP contribution in [-0.2, 0) is 0 Å². The van der Waals surface area contributed by atoms with Crippen LogP contribution in [0.15, 0.2) is 11.8 Å². The van der Waals surface area contributed by atoms with Crippen molar-refractivity contribution in [1.82, 2.24) is 10.6 Å². The Balaban J connectivity index is 2.07. The molecule has 2 aliphatic heterocycles. The van der Waals surface area contributed by atoms with Gasteiger partial charge in [-0.15, -0.1) is 0 Å². The maximum atomic E-state index is 3.58. The van der Waals surface area contributed by atoms with Gasteiger partial charge in [-0.1, -0.05) is 0 Å². The van der Waals surface area contributed by atoms with Crippen molar-refractivity contribution >= 4 is 0 Å². The summed E-state index contributed by atoms with van der Waals surface area (Å²) in [7, 11) is 0. The fraction of sp³-hybridized carbons (Fsp3) is 0.778. The summed E-state index contributed by atoms with van der Waals surface area (Å²) in [6, 6.07) is 0.693. The Kier molecular flexibility index (Phi) is 2.13. The SMILES string of the molecule is C1=C2CCCCNC2CCN1. The van der Waals surface area contributed by atoms with Gasteiger partial charge in [0.15, 0.2) is 0 Å². The molecule has 0 aromatic rings. The smallest absolute Gasteiger partial charge is 0.0313 e. The number of nitrogens with one attached hydrogen (secondary N) is 2. The molecule has 2 aliphatic rings. The lowest BCUT2D eigenvalue weighted by atomic mass is 9.99. The zero-order valence-electron chi connectivity index (χ0n) is 6.90. The number of rotatable bonds is 0. The van der Waals surface area contributed by atoms with E-state index in [2.05, 4.69) is 16.8 Å². The first-order chi connectivity index (χ1) is 5.47. The normalized spacial score (nSPS) is 31.3. The second kappa shape index (κ2) is 3.26. The van der Waals surface area contributed by atoms with Gasteiger partial charge in [0.25, 0.3) is 0 Å². The van der Waals surface area contributed by atoms with Gasteiger partial charge in [-0.05, 0) is 44.0 Å². The summed E-state index contributed by atoms with van der Waals surface area (Å²) >= 11 is 0. The van der Waals surface area contributed by atoms with Crippen molar-refractivity contribution in [3.8, 4) is 0 Å². The van der Waals surface area contributed by atoms with Gasteiger partial charge in [-0.2, -0.15) is 0 Å². The third-order valence-corrected chi connectivity index (χ3v) is 2.60. The van der Waals surface area contributed by atoms with E-state index in [0.29, 0.717) is 6.04 Å². The van der Waals surface area contributed by atoms with Gasteiger partial charge in [-0.25, -0.2) is 0 Å². The van der Waals surface area contributed by atoms with E-state index in [1.165, 1.54) is 32.2 Å². The molecule has 1 saturated heterocycles. The van der Waals surface area contributed by atoms with Crippen molar-refractivity contribution in [3.63, 3.8) is 0 Å². The van der Waals surface area contributed by atoms with Crippen molar-refractivity contribution in [1.29, 1.82) is 0 Å². The number of hydrogen-bond donors (Lipinski definition) is 2. The maximum Gasteiger partial charge on any atom is 0.0313 e. The van der Waals surface area contributed by atoms with Crippen molar-refractivity contribution in [2.45, 2.75) is 31.7 Å². The molecule has 11 heavy (non-hydrogen) atoms. The van der Waals surface area contributed by atoms with Gasteiger partial charge in [0.05, 0.1) is 0 Å². The Labute approximate surface area is 68.1 Å². The summed E-state index contributed by atoms with van der Waals surface area (Å²) in [5.41, 5.74) is 1.59. The first kappa shape index (κ1) is 7.17. The highest BCUT2D eigenvalue weighted by atomic mass is 15.0. The number of hydrogen-bond acceptors (Lipinski definition) is 2. The maximum absolute atomic E-state index is 3.58. The van der Waals surface area contributed by atoms with E-state index in [1.807, 2.05) is 0 Å². The van der Waals surface area contributed by atoms with Crippen molar-refractivity contribution in [2.24, 2.45) is 0 Å². The molecule has 0 saturated carbocycles. The molecule has 0 aromatic heterocycles. The molecule has 2 heteroatoms. The highest BCUT2D eigenvalue weighted by molar-refractivity contribution is 5.14. The second-order valence-corrected chi connectivity index (χ2v) is 3.43. The third kappa shape index (κ3) is 1.56. The fourth-order valence-corrected chi connectivity index (χ4v) is 1.93. The first-order valence-electron chi connectivity index (χ1n) is 4.62. The van der Waals surface area contributed by atoms with Crippen LogP contribution < -0.4 is 10.6 Å². The number of fused-ring (bicyclic) bond motifs is 1. The molecule has 0 spiro atoms. The largest absolute Gasteiger partial charge is 0.391 e. The van der Waals surface area contributed by atoms with Crippen LogP contribution >= 0.6 is 0 Å². The van der Waals surface area contributed by atoms with Crippen LogP contribution in [0.4, 0.5) is 0 Å². The van der Waals surface area contributed by atoms with Gasteiger partial charge >= 0.3 is 0 Å². The molecule has 62 valence electrons. The summed E-state index contributed by atoms with van der Waals surface area (Å²) in [6.45, 7) is 2.35. The highest BCUT2D eigenvalue weighted by Crippen LogP contribution is 2.19. The Morgan fingerprint density at radius 1 is 1.27 bits per heavy atom. The van der Waals surface area contributed by atoms with Crippen LogP contribution in [-0.4, -0.2) is 19.1 Å². The van der Waals surface area contributed by atoms with E-state index < -0.39 is 0 Å². The molecule has 2 heterocycles. The lowest BCUT2D eigenvalue weighted by Gasteiger charge is -2.23. The van der Waals surface area contributed by atoms with E-state index in [-0.39, 0.29) is 0 Å². The first-order valence-corrected chi connectivity index (χ1v) is 4.62. The quantitative estimate of drug-likeness (QED) is 0.541. The van der Waals surface area contributed by atoms with Crippen LogP contribution in [0.2, 0.25) is 0 Å². The Hall–Kier alpha value is -0.500. The predicted molar refractivity (Wildman–Crippen MR) is 46.3 cm³/mol. The van der Waals surface area contributed by atoms with Crippen molar-refractivity contribution < 1.29 is 0 Å². The zero-order chi connectivity index (χ0) is 7.52. The van der Waals surface area contributed by atoms with Gasteiger partial charge in [-0.3, -0.25) is 0 Å². The van der Waals surface area contributed by atoms with E-state index >= 15 is 0 Å². The van der Waals surface area contributed by atoms with Crippen LogP contribution in [0.3, 0.4) is 0 Å². The van der Waals surface area contributed by atoms with E-state index in [9.17, 15) is 0 Å². The average Bonchev–Trinajstić information content (AvgIpc) is 2.28. The standard InChI is InChI=1S/C9H16N2/c1-2-5-11-9-4-6-10-7-8(9)3-1/h7,9-11H,1-6H2. The minimum atomic E-state index is 0.693. The fourth-order valence-electron chi connectivity index (χ4n) is 1.93. The molecule has 0 radical (unpaired) electrons. The van der Waals surface area contributed by atoms with Crippen molar-refractivity contribution in [2.75, 3.05) is 13.1 Å². The lowest BCUT2D eigenvalue weighted by molar-refractivity contribution is 0.516. The minimum Gasteiger partial charge on any atom is -0.391 e. The molecule has 2 rings (SSSR count). The van der Waals surface area contributed by atoms with E-state index in [0.717, 1.165) is 6.54 Å². The highest BCUT2D eigenvalue weighted by Gasteiger charge is 2.18. The summed E-state index contributed by atoms with van der Waals surface area (Å²) in [5, 5.41) is 6.88. The third-order valence-electron chi connectivity index (χ3n) is 2.60. The Morgan fingerprint density at radius 2 is 2.27 bits per heavy atom.